The van der Waals surface area contributed by atoms with E-state index >= 15 is 0 Å². The van der Waals surface area contributed by atoms with Gasteiger partial charge in [-0.2, -0.15) is 0 Å². The van der Waals surface area contributed by atoms with Crippen molar-refractivity contribution in [1.29, 1.82) is 0 Å². The van der Waals surface area contributed by atoms with Crippen LogP contribution in [-0.2, 0) is 4.79 Å². The number of thioether (sulfide) groups is 1. The summed E-state index contributed by atoms with van der Waals surface area (Å²) in [6.45, 7) is 1.99. The van der Waals surface area contributed by atoms with Gasteiger partial charge < -0.3 is 5.32 Å². The summed E-state index contributed by atoms with van der Waals surface area (Å²) in [4.78, 5) is 49.8. The molecule has 1 aliphatic rings. The maximum atomic E-state index is 12.4. The summed E-state index contributed by atoms with van der Waals surface area (Å²) in [5.41, 5.74) is 1.63. The molecule has 0 radical (unpaired) electrons. The number of hydrogen-bond donors (Lipinski definition) is 1. The molecule has 9 heteroatoms. The summed E-state index contributed by atoms with van der Waals surface area (Å²) in [6.07, 6.45) is 7.73. The van der Waals surface area contributed by atoms with Crippen molar-refractivity contribution in [2.45, 2.75) is 6.92 Å². The van der Waals surface area contributed by atoms with Gasteiger partial charge in [0, 0.05) is 31.7 Å². The van der Waals surface area contributed by atoms with Crippen molar-refractivity contribution in [2.75, 3.05) is 13.1 Å². The minimum Gasteiger partial charge on any atom is -0.349 e. The molecule has 1 fully saturated rings. The second kappa shape index (κ2) is 7.87. The van der Waals surface area contributed by atoms with Crippen molar-refractivity contribution in [1.82, 2.24) is 25.2 Å². The van der Waals surface area contributed by atoms with Gasteiger partial charge in [0.25, 0.3) is 17.1 Å². The maximum Gasteiger partial charge on any atom is 0.293 e. The number of hydrogen-bond acceptors (Lipinski definition) is 7. The standard InChI is InChI=1S/C17H15N5O3S/c1-11-8-21-13(10-20-11)15(23)19-5-6-22-16(24)14(26-17(22)25)7-12-3-2-4-18-9-12/h2-4,7-10H,5-6H2,1H3,(H,19,23). The molecule has 2 aromatic rings. The Labute approximate surface area is 153 Å². The van der Waals surface area contributed by atoms with Crippen LogP contribution in [0.1, 0.15) is 21.7 Å². The van der Waals surface area contributed by atoms with Crippen molar-refractivity contribution in [2.24, 2.45) is 0 Å². The third kappa shape index (κ3) is 4.12. The number of carbonyl (C=O) groups is 3. The molecule has 132 valence electrons. The highest BCUT2D eigenvalue weighted by Gasteiger charge is 2.34. The average Bonchev–Trinajstić information content (AvgIpc) is 2.90. The van der Waals surface area contributed by atoms with Crippen LogP contribution in [0.5, 0.6) is 0 Å². The first-order valence-corrected chi connectivity index (χ1v) is 8.58. The van der Waals surface area contributed by atoms with Crippen LogP contribution in [0.3, 0.4) is 0 Å². The number of nitrogens with one attached hydrogen (secondary N) is 1. The SMILES string of the molecule is Cc1cnc(C(=O)NCCN2C(=O)SC(=Cc3cccnc3)C2=O)cn1. The van der Waals surface area contributed by atoms with Crippen LogP contribution >= 0.6 is 11.8 Å². The summed E-state index contributed by atoms with van der Waals surface area (Å²) in [5, 5.41) is 2.26. The topological polar surface area (TPSA) is 105 Å². The van der Waals surface area contributed by atoms with Gasteiger partial charge in [0.05, 0.1) is 16.8 Å². The van der Waals surface area contributed by atoms with E-state index in [1.165, 1.54) is 12.4 Å². The highest BCUT2D eigenvalue weighted by molar-refractivity contribution is 8.18. The first-order chi connectivity index (χ1) is 12.5. The molecule has 0 spiro atoms. The lowest BCUT2D eigenvalue weighted by Crippen LogP contribution is -2.37. The van der Waals surface area contributed by atoms with E-state index in [1.54, 1.807) is 37.5 Å². The normalized spacial score (nSPS) is 15.6. The molecule has 0 aromatic carbocycles. The van der Waals surface area contributed by atoms with Gasteiger partial charge in [-0.3, -0.25) is 29.3 Å². The van der Waals surface area contributed by atoms with Crippen molar-refractivity contribution in [3.63, 3.8) is 0 Å². The monoisotopic (exact) mass is 369 g/mol. The zero-order valence-electron chi connectivity index (χ0n) is 13.9. The van der Waals surface area contributed by atoms with Crippen molar-refractivity contribution in [3.8, 4) is 0 Å². The largest absolute Gasteiger partial charge is 0.349 e. The molecule has 0 aliphatic carbocycles. The summed E-state index contributed by atoms with van der Waals surface area (Å²) < 4.78 is 0. The van der Waals surface area contributed by atoms with Crippen LogP contribution in [0.25, 0.3) is 6.08 Å². The van der Waals surface area contributed by atoms with Gasteiger partial charge in [0.15, 0.2) is 0 Å². The first-order valence-electron chi connectivity index (χ1n) is 7.77. The molecule has 3 amide bonds. The molecule has 3 heterocycles. The zero-order valence-corrected chi connectivity index (χ0v) is 14.7. The van der Waals surface area contributed by atoms with Gasteiger partial charge in [-0.15, -0.1) is 0 Å². The Morgan fingerprint density at radius 1 is 1.27 bits per heavy atom. The molecule has 0 bridgehead atoms. The lowest BCUT2D eigenvalue weighted by atomic mass is 10.2. The minimum absolute atomic E-state index is 0.0834. The van der Waals surface area contributed by atoms with Crippen molar-refractivity contribution in [3.05, 3.63) is 58.8 Å². The van der Waals surface area contributed by atoms with E-state index in [9.17, 15) is 14.4 Å². The predicted octanol–water partition coefficient (Wildman–Crippen LogP) is 1.65. The van der Waals surface area contributed by atoms with E-state index in [0.717, 1.165) is 22.2 Å². The number of aryl methyl sites for hydroxylation is 1. The molecule has 26 heavy (non-hydrogen) atoms. The second-order valence-corrected chi connectivity index (χ2v) is 6.41. The lowest BCUT2D eigenvalue weighted by Gasteiger charge is -2.12. The molecule has 3 rings (SSSR count). The summed E-state index contributed by atoms with van der Waals surface area (Å²) in [6, 6.07) is 3.55. The Morgan fingerprint density at radius 3 is 2.81 bits per heavy atom. The molecule has 0 unspecified atom stereocenters. The minimum atomic E-state index is -0.407. The van der Waals surface area contributed by atoms with Crippen LogP contribution in [-0.4, -0.2) is 50.0 Å². The molecule has 1 aliphatic heterocycles. The van der Waals surface area contributed by atoms with Gasteiger partial charge in [-0.1, -0.05) is 6.07 Å². The van der Waals surface area contributed by atoms with Crippen molar-refractivity contribution >= 4 is 34.9 Å². The van der Waals surface area contributed by atoms with Crippen LogP contribution < -0.4 is 5.32 Å². The molecular formula is C17H15N5O3S. The van der Waals surface area contributed by atoms with E-state index in [2.05, 4.69) is 20.3 Å². The highest BCUT2D eigenvalue weighted by Crippen LogP contribution is 2.31. The second-order valence-electron chi connectivity index (χ2n) is 5.42. The van der Waals surface area contributed by atoms with E-state index < -0.39 is 5.91 Å². The number of amides is 3. The van der Waals surface area contributed by atoms with E-state index in [-0.39, 0.29) is 29.9 Å². The Kier molecular flexibility index (Phi) is 5.37. The number of pyridine rings is 1. The molecule has 1 N–H and O–H groups in total. The lowest BCUT2D eigenvalue weighted by molar-refractivity contribution is -0.122. The zero-order chi connectivity index (χ0) is 18.5. The molecular weight excluding hydrogens is 354 g/mol. The smallest absolute Gasteiger partial charge is 0.293 e. The summed E-state index contributed by atoms with van der Waals surface area (Å²) >= 11 is 0.869. The third-order valence-electron chi connectivity index (χ3n) is 3.49. The van der Waals surface area contributed by atoms with Crippen molar-refractivity contribution < 1.29 is 14.4 Å². The first kappa shape index (κ1) is 17.7. The third-order valence-corrected chi connectivity index (χ3v) is 4.40. The fourth-order valence-corrected chi connectivity index (χ4v) is 3.05. The van der Waals surface area contributed by atoms with E-state index in [4.69, 9.17) is 0 Å². The highest BCUT2D eigenvalue weighted by atomic mass is 32.2. The maximum absolute atomic E-state index is 12.4. The number of carbonyl (C=O) groups excluding carboxylic acids is 3. The van der Waals surface area contributed by atoms with Gasteiger partial charge in [-0.05, 0) is 36.4 Å². The Bertz CT molecular complexity index is 868. The quantitative estimate of drug-likeness (QED) is 0.799. The van der Waals surface area contributed by atoms with Crippen LogP contribution in [0, 0.1) is 6.92 Å². The summed E-state index contributed by atoms with van der Waals surface area (Å²) in [7, 11) is 0. The van der Waals surface area contributed by atoms with Gasteiger partial charge in [0.1, 0.15) is 5.69 Å². The van der Waals surface area contributed by atoms with Gasteiger partial charge in [-0.25, -0.2) is 4.98 Å². The molecule has 8 nitrogen and oxygen atoms in total. The number of imide groups is 1. The fourth-order valence-electron chi connectivity index (χ4n) is 2.19. The molecule has 2 aromatic heterocycles. The van der Waals surface area contributed by atoms with Crippen LogP contribution in [0.2, 0.25) is 0 Å². The van der Waals surface area contributed by atoms with E-state index in [0.29, 0.717) is 10.6 Å². The van der Waals surface area contributed by atoms with Crippen LogP contribution in [0.15, 0.2) is 41.8 Å². The number of nitrogens with zero attached hydrogens (tertiary/aromatic N) is 4. The number of rotatable bonds is 5. The molecule has 0 saturated carbocycles. The van der Waals surface area contributed by atoms with Gasteiger partial charge >= 0.3 is 0 Å². The average molecular weight is 369 g/mol. The summed E-state index contributed by atoms with van der Waals surface area (Å²) in [5.74, 6) is -0.788. The Balaban J connectivity index is 1.57. The fraction of sp³-hybridized carbons (Fsp3) is 0.176. The molecule has 0 atom stereocenters. The Hall–Kier alpha value is -3.07. The van der Waals surface area contributed by atoms with Crippen LogP contribution in [0.4, 0.5) is 4.79 Å². The number of aromatic nitrogens is 3. The molecule has 1 saturated heterocycles. The predicted molar refractivity (Wildman–Crippen MR) is 96.0 cm³/mol. The van der Waals surface area contributed by atoms with E-state index in [1.807, 2.05) is 0 Å². The van der Waals surface area contributed by atoms with Gasteiger partial charge in [0.2, 0.25) is 0 Å². The Morgan fingerprint density at radius 2 is 2.12 bits per heavy atom.